The second kappa shape index (κ2) is 10.7. The Balaban J connectivity index is 1.22. The highest BCUT2D eigenvalue weighted by molar-refractivity contribution is 7.90. The van der Waals surface area contributed by atoms with Crippen LogP contribution >= 0.6 is 0 Å². The average Bonchev–Trinajstić information content (AvgIpc) is 3.58. The van der Waals surface area contributed by atoms with Gasteiger partial charge in [-0.25, -0.2) is 22.5 Å². The number of benzene rings is 2. The van der Waals surface area contributed by atoms with Crippen LogP contribution in [0.3, 0.4) is 0 Å². The Kier molecular flexibility index (Phi) is 6.89. The van der Waals surface area contributed by atoms with Gasteiger partial charge in [-0.2, -0.15) is 9.61 Å². The van der Waals surface area contributed by atoms with Gasteiger partial charge in [-0.1, -0.05) is 30.3 Å². The van der Waals surface area contributed by atoms with Gasteiger partial charge in [0, 0.05) is 25.7 Å². The van der Waals surface area contributed by atoms with Crippen molar-refractivity contribution < 1.29 is 27.1 Å². The molecule has 11 nitrogen and oxygen atoms in total. The third kappa shape index (κ3) is 5.09. The van der Waals surface area contributed by atoms with Gasteiger partial charge < -0.3 is 15.0 Å². The molecule has 0 atom stereocenters. The number of amides is 2. The molecular formula is C31H31FN6O5S. The first-order valence-corrected chi connectivity index (χ1v) is 16.1. The minimum atomic E-state index is -4.31. The maximum Gasteiger partial charge on any atom is 0.269 e. The molecule has 1 saturated heterocycles. The lowest BCUT2D eigenvalue weighted by Gasteiger charge is -2.39. The number of aromatic nitrogens is 3. The number of halogens is 1. The lowest BCUT2D eigenvalue weighted by molar-refractivity contribution is -0.119. The van der Waals surface area contributed by atoms with Crippen molar-refractivity contribution in [1.29, 1.82) is 0 Å². The molecule has 2 N–H and O–H groups in total. The van der Waals surface area contributed by atoms with Gasteiger partial charge in [0.1, 0.15) is 17.2 Å². The van der Waals surface area contributed by atoms with Crippen LogP contribution in [0.4, 0.5) is 15.9 Å². The highest BCUT2D eigenvalue weighted by atomic mass is 32.2. The summed E-state index contributed by atoms with van der Waals surface area (Å²) >= 11 is 0. The van der Waals surface area contributed by atoms with Crippen molar-refractivity contribution >= 4 is 39.0 Å². The summed E-state index contributed by atoms with van der Waals surface area (Å²) in [6.07, 6.45) is 5.46. The van der Waals surface area contributed by atoms with E-state index in [2.05, 4.69) is 32.3 Å². The Morgan fingerprint density at radius 3 is 2.66 bits per heavy atom. The van der Waals surface area contributed by atoms with E-state index in [1.807, 2.05) is 12.1 Å². The Bertz CT molecular complexity index is 1910. The zero-order valence-electron chi connectivity index (χ0n) is 24.0. The molecule has 2 fully saturated rings. The number of sulfonamides is 1. The van der Waals surface area contributed by atoms with Gasteiger partial charge in [-0.15, -0.1) is 0 Å². The normalized spacial score (nSPS) is 17.5. The topological polar surface area (TPSA) is 135 Å². The van der Waals surface area contributed by atoms with Crippen LogP contribution in [0.25, 0.3) is 5.65 Å². The van der Waals surface area contributed by atoms with E-state index in [0.717, 1.165) is 40.2 Å². The summed E-state index contributed by atoms with van der Waals surface area (Å²) in [7, 11) is -4.31. The predicted molar refractivity (Wildman–Crippen MR) is 158 cm³/mol. The molecular weight excluding hydrogens is 587 g/mol. The molecule has 228 valence electrons. The van der Waals surface area contributed by atoms with Crippen LogP contribution in [0, 0.1) is 18.7 Å². The first-order valence-electron chi connectivity index (χ1n) is 14.6. The van der Waals surface area contributed by atoms with Gasteiger partial charge in [-0.3, -0.25) is 9.59 Å². The summed E-state index contributed by atoms with van der Waals surface area (Å²) < 4.78 is 50.8. The summed E-state index contributed by atoms with van der Waals surface area (Å²) in [4.78, 5) is 32.0. The van der Waals surface area contributed by atoms with Crippen LogP contribution in [-0.2, 0) is 31.8 Å². The Labute approximate surface area is 253 Å². The molecule has 2 amide bonds. The summed E-state index contributed by atoms with van der Waals surface area (Å²) in [5, 5.41) is 7.21. The Morgan fingerprint density at radius 1 is 1.11 bits per heavy atom. The highest BCUT2D eigenvalue weighted by Crippen LogP contribution is 2.44. The van der Waals surface area contributed by atoms with Crippen LogP contribution in [0.5, 0.6) is 0 Å². The molecule has 7 rings (SSSR count). The Morgan fingerprint density at radius 2 is 1.89 bits per heavy atom. The van der Waals surface area contributed by atoms with E-state index < -0.39 is 27.3 Å². The number of likely N-dealkylation sites (tertiary alicyclic amines) is 1. The number of nitrogens with one attached hydrogen (secondary N) is 2. The molecule has 2 aromatic carbocycles. The minimum Gasteiger partial charge on any atom is -0.365 e. The van der Waals surface area contributed by atoms with Crippen molar-refractivity contribution in [2.24, 2.45) is 5.92 Å². The molecule has 44 heavy (non-hydrogen) atoms. The number of piperidine rings is 1. The van der Waals surface area contributed by atoms with Crippen molar-refractivity contribution in [1.82, 2.24) is 24.2 Å². The van der Waals surface area contributed by atoms with Crippen LogP contribution in [0.1, 0.15) is 59.2 Å². The maximum atomic E-state index is 14.9. The maximum absolute atomic E-state index is 14.9. The monoisotopic (exact) mass is 618 g/mol. The van der Waals surface area contributed by atoms with Crippen LogP contribution in [0.2, 0.25) is 0 Å². The van der Waals surface area contributed by atoms with Crippen molar-refractivity contribution in [2.45, 2.75) is 56.1 Å². The van der Waals surface area contributed by atoms with Crippen molar-refractivity contribution in [3.8, 4) is 0 Å². The molecule has 2 aliphatic heterocycles. The van der Waals surface area contributed by atoms with E-state index in [4.69, 9.17) is 4.74 Å². The average molecular weight is 619 g/mol. The smallest absolute Gasteiger partial charge is 0.269 e. The highest BCUT2D eigenvalue weighted by Gasteiger charge is 2.43. The quantitative estimate of drug-likeness (QED) is 0.315. The molecule has 4 heterocycles. The third-order valence-corrected chi connectivity index (χ3v) is 10.0. The zero-order chi connectivity index (χ0) is 30.6. The third-order valence-electron chi connectivity index (χ3n) is 8.68. The van der Waals surface area contributed by atoms with Crippen LogP contribution in [-0.4, -0.2) is 52.8 Å². The van der Waals surface area contributed by atoms with E-state index in [1.54, 1.807) is 24.0 Å². The summed E-state index contributed by atoms with van der Waals surface area (Å²) in [5.41, 5.74) is 2.69. The number of rotatable bonds is 7. The Hall–Kier alpha value is -4.36. The van der Waals surface area contributed by atoms with E-state index in [-0.39, 0.29) is 45.9 Å². The molecule has 1 spiro atoms. The fourth-order valence-corrected chi connectivity index (χ4v) is 7.17. The number of hydrogen-bond acceptors (Lipinski definition) is 8. The van der Waals surface area contributed by atoms with Crippen LogP contribution in [0.15, 0.2) is 59.8 Å². The number of ether oxygens (including phenoxy) is 1. The summed E-state index contributed by atoms with van der Waals surface area (Å²) in [6.45, 7) is 3.16. The number of aryl methyl sites for hydroxylation is 1. The zero-order valence-corrected chi connectivity index (χ0v) is 24.9. The second-order valence-electron chi connectivity index (χ2n) is 11.8. The molecule has 0 bridgehead atoms. The van der Waals surface area contributed by atoms with Gasteiger partial charge >= 0.3 is 0 Å². The van der Waals surface area contributed by atoms with Gasteiger partial charge in [0.25, 0.3) is 15.9 Å². The van der Waals surface area contributed by atoms with E-state index in [9.17, 15) is 22.4 Å². The lowest BCUT2D eigenvalue weighted by Crippen LogP contribution is -2.45. The molecule has 4 aromatic rings. The van der Waals surface area contributed by atoms with Crippen molar-refractivity contribution in [3.63, 3.8) is 0 Å². The van der Waals surface area contributed by atoms with Crippen LogP contribution < -0.4 is 10.0 Å². The van der Waals surface area contributed by atoms with Gasteiger partial charge in [0.15, 0.2) is 10.5 Å². The van der Waals surface area contributed by atoms with E-state index in [0.29, 0.717) is 32.5 Å². The van der Waals surface area contributed by atoms with Gasteiger partial charge in [0.2, 0.25) is 5.91 Å². The first kappa shape index (κ1) is 28.4. The SMILES string of the molecule is Cc1ccc(F)c(Nc2c(C(=O)N3CCC4(CC3)OCc3ccccc34)cnc3c(S(=O)(=O)NC(=O)CC4CC4)cnn23)c1. The molecule has 1 aliphatic carbocycles. The van der Waals surface area contributed by atoms with Gasteiger partial charge in [-0.05, 0) is 67.3 Å². The number of carbonyl (C=O) groups excluding carboxylic acids is 2. The second-order valence-corrected chi connectivity index (χ2v) is 13.4. The fourth-order valence-electron chi connectivity index (χ4n) is 6.11. The predicted octanol–water partition coefficient (Wildman–Crippen LogP) is 4.19. The summed E-state index contributed by atoms with van der Waals surface area (Å²) in [6, 6.07) is 12.6. The number of hydrogen-bond donors (Lipinski definition) is 2. The first-order chi connectivity index (χ1) is 21.1. The van der Waals surface area contributed by atoms with Gasteiger partial charge in [0.05, 0.1) is 24.1 Å². The summed E-state index contributed by atoms with van der Waals surface area (Å²) in [5.74, 6) is -1.29. The molecule has 13 heteroatoms. The molecule has 3 aliphatic rings. The van der Waals surface area contributed by atoms with E-state index >= 15 is 0 Å². The number of fused-ring (bicyclic) bond motifs is 3. The largest absolute Gasteiger partial charge is 0.365 e. The van der Waals surface area contributed by atoms with Crippen molar-refractivity contribution in [3.05, 3.63) is 82.9 Å². The molecule has 0 unspecified atom stereocenters. The van der Waals surface area contributed by atoms with E-state index in [1.165, 1.54) is 12.3 Å². The minimum absolute atomic E-state index is 0.0537. The number of carbonyl (C=O) groups is 2. The number of nitrogens with zero attached hydrogens (tertiary/aromatic N) is 4. The number of anilines is 2. The molecule has 1 saturated carbocycles. The standard InChI is InChI=1S/C31H31FN6O5S/c1-19-6-9-24(32)25(14-19)35-28-22(30(40)37-12-10-31(11-13-37)23-5-3-2-4-21(23)18-43-31)16-33-29-26(17-34-38(28)29)44(41,42)36-27(39)15-20-7-8-20/h2-6,9,14,16-17,20,35H,7-8,10-13,15,18H2,1H3,(H,36,39). The fraction of sp³-hybridized carbons (Fsp3) is 0.355. The molecule has 2 aromatic heterocycles. The van der Waals surface area contributed by atoms with Crippen molar-refractivity contribution in [2.75, 3.05) is 18.4 Å². The molecule has 0 radical (unpaired) electrons. The lowest BCUT2D eigenvalue weighted by atomic mass is 9.83.